The fourth-order valence-corrected chi connectivity index (χ4v) is 3.02. The van der Waals surface area contributed by atoms with Crippen molar-refractivity contribution in [2.45, 2.75) is 13.8 Å². The summed E-state index contributed by atoms with van der Waals surface area (Å²) in [6.45, 7) is 4.41. The van der Waals surface area contributed by atoms with Gasteiger partial charge in [-0.1, -0.05) is 30.3 Å². The van der Waals surface area contributed by atoms with Crippen LogP contribution in [0.15, 0.2) is 72.9 Å². The molecular weight excluding hydrogens is 350 g/mol. The van der Waals surface area contributed by atoms with Gasteiger partial charge in [0.1, 0.15) is 5.69 Å². The van der Waals surface area contributed by atoms with Crippen molar-refractivity contribution < 1.29 is 9.59 Å². The smallest absolute Gasteiger partial charge is 0.276 e. The summed E-state index contributed by atoms with van der Waals surface area (Å²) < 4.78 is 0. The molecule has 2 amide bonds. The van der Waals surface area contributed by atoms with E-state index >= 15 is 0 Å². The molecule has 5 heteroatoms. The Morgan fingerprint density at radius 2 is 1.61 bits per heavy atom. The third-order valence-electron chi connectivity index (χ3n) is 4.55. The maximum absolute atomic E-state index is 13.0. The molecule has 1 aromatic heterocycles. The number of rotatable bonds is 5. The number of carbonyl (C=O) groups is 2. The summed E-state index contributed by atoms with van der Waals surface area (Å²) in [6, 6.07) is 20.3. The lowest BCUT2D eigenvalue weighted by Crippen LogP contribution is -2.32. The molecule has 0 bridgehead atoms. The standard InChI is InChI=1S/C23H23N3O2/c1-4-26(20-12-8-9-17(2)15-20)23(28)21-16-18(13-14-24-21)22(27)25(3)19-10-6-5-7-11-19/h5-16H,4H2,1-3H3. The highest BCUT2D eigenvalue weighted by Crippen LogP contribution is 2.19. The summed E-state index contributed by atoms with van der Waals surface area (Å²) in [6.07, 6.45) is 1.50. The molecule has 0 N–H and O–H groups in total. The molecule has 0 atom stereocenters. The number of benzene rings is 2. The van der Waals surface area contributed by atoms with E-state index in [9.17, 15) is 9.59 Å². The number of nitrogens with zero attached hydrogens (tertiary/aromatic N) is 3. The molecule has 1 heterocycles. The van der Waals surface area contributed by atoms with Gasteiger partial charge < -0.3 is 9.80 Å². The second kappa shape index (κ2) is 8.48. The number of amides is 2. The van der Waals surface area contributed by atoms with Crippen LogP contribution in [0.25, 0.3) is 0 Å². The van der Waals surface area contributed by atoms with Crippen molar-refractivity contribution in [2.24, 2.45) is 0 Å². The lowest BCUT2D eigenvalue weighted by molar-refractivity contribution is 0.0983. The molecule has 0 saturated carbocycles. The second-order valence-corrected chi connectivity index (χ2v) is 6.52. The predicted octanol–water partition coefficient (Wildman–Crippen LogP) is 4.33. The third-order valence-corrected chi connectivity index (χ3v) is 4.55. The van der Waals surface area contributed by atoms with Gasteiger partial charge >= 0.3 is 0 Å². The van der Waals surface area contributed by atoms with Gasteiger partial charge in [0.2, 0.25) is 0 Å². The topological polar surface area (TPSA) is 53.5 Å². The summed E-state index contributed by atoms with van der Waals surface area (Å²) >= 11 is 0. The van der Waals surface area contributed by atoms with Crippen molar-refractivity contribution in [2.75, 3.05) is 23.4 Å². The number of hydrogen-bond donors (Lipinski definition) is 0. The molecule has 2 aromatic carbocycles. The molecule has 0 aliphatic heterocycles. The first-order valence-electron chi connectivity index (χ1n) is 9.19. The van der Waals surface area contributed by atoms with Crippen molar-refractivity contribution in [3.8, 4) is 0 Å². The molecule has 5 nitrogen and oxygen atoms in total. The van der Waals surface area contributed by atoms with E-state index in [0.717, 1.165) is 16.9 Å². The van der Waals surface area contributed by atoms with Crippen molar-refractivity contribution in [3.05, 3.63) is 89.7 Å². The largest absolute Gasteiger partial charge is 0.311 e. The van der Waals surface area contributed by atoms with E-state index in [1.54, 1.807) is 29.0 Å². The van der Waals surface area contributed by atoms with Gasteiger partial charge in [-0.05, 0) is 55.8 Å². The second-order valence-electron chi connectivity index (χ2n) is 6.52. The van der Waals surface area contributed by atoms with E-state index in [1.165, 1.54) is 6.20 Å². The van der Waals surface area contributed by atoms with Crippen molar-refractivity contribution in [3.63, 3.8) is 0 Å². The Morgan fingerprint density at radius 1 is 0.893 bits per heavy atom. The van der Waals surface area contributed by atoms with Crippen LogP contribution in [-0.2, 0) is 0 Å². The Bertz CT molecular complexity index is 986. The highest BCUT2D eigenvalue weighted by atomic mass is 16.2. The number of carbonyl (C=O) groups excluding carboxylic acids is 2. The number of aromatic nitrogens is 1. The van der Waals surface area contributed by atoms with Crippen molar-refractivity contribution >= 4 is 23.2 Å². The van der Waals surface area contributed by atoms with Crippen LogP contribution >= 0.6 is 0 Å². The molecule has 28 heavy (non-hydrogen) atoms. The van der Waals surface area contributed by atoms with Crippen molar-refractivity contribution in [1.82, 2.24) is 4.98 Å². The van der Waals surface area contributed by atoms with E-state index in [-0.39, 0.29) is 17.5 Å². The summed E-state index contributed by atoms with van der Waals surface area (Å²) in [5.41, 5.74) is 3.34. The molecule has 3 aromatic rings. The van der Waals surface area contributed by atoms with E-state index in [4.69, 9.17) is 0 Å². The molecule has 0 spiro atoms. The molecule has 0 unspecified atom stereocenters. The summed E-state index contributed by atoms with van der Waals surface area (Å²) in [5, 5.41) is 0. The first-order valence-corrected chi connectivity index (χ1v) is 9.19. The number of pyridine rings is 1. The lowest BCUT2D eigenvalue weighted by Gasteiger charge is -2.22. The Hall–Kier alpha value is -3.47. The summed E-state index contributed by atoms with van der Waals surface area (Å²) in [5.74, 6) is -0.425. The SMILES string of the molecule is CCN(C(=O)c1cc(C(=O)N(C)c2ccccc2)ccn1)c1cccc(C)c1. The molecular formula is C23H23N3O2. The average Bonchev–Trinajstić information content (AvgIpc) is 2.74. The molecule has 0 saturated heterocycles. The zero-order chi connectivity index (χ0) is 20.1. The molecule has 0 fully saturated rings. The van der Waals surface area contributed by atoms with Gasteiger partial charge in [-0.25, -0.2) is 0 Å². The molecule has 0 radical (unpaired) electrons. The van der Waals surface area contributed by atoms with E-state index in [0.29, 0.717) is 12.1 Å². The van der Waals surface area contributed by atoms with Gasteiger partial charge in [0.05, 0.1) is 0 Å². The van der Waals surface area contributed by atoms with Crippen molar-refractivity contribution in [1.29, 1.82) is 0 Å². The highest BCUT2D eigenvalue weighted by Gasteiger charge is 2.20. The minimum atomic E-state index is -0.231. The monoisotopic (exact) mass is 373 g/mol. The lowest BCUT2D eigenvalue weighted by atomic mass is 10.1. The first kappa shape index (κ1) is 19.3. The van der Waals surface area contributed by atoms with E-state index in [2.05, 4.69) is 4.98 Å². The summed E-state index contributed by atoms with van der Waals surface area (Å²) in [7, 11) is 1.71. The Morgan fingerprint density at radius 3 is 2.29 bits per heavy atom. The quantitative estimate of drug-likeness (QED) is 0.669. The number of anilines is 2. The fourth-order valence-electron chi connectivity index (χ4n) is 3.02. The molecule has 0 aliphatic rings. The van der Waals surface area contributed by atoms with Gasteiger partial charge in [0.15, 0.2) is 0 Å². The number of para-hydroxylation sites is 1. The van der Waals surface area contributed by atoms with Crippen LogP contribution in [0.3, 0.4) is 0 Å². The zero-order valence-electron chi connectivity index (χ0n) is 16.3. The predicted molar refractivity (Wildman–Crippen MR) is 112 cm³/mol. The van der Waals surface area contributed by atoms with Gasteiger partial charge in [0, 0.05) is 36.7 Å². The van der Waals surface area contributed by atoms with E-state index < -0.39 is 0 Å². The van der Waals surface area contributed by atoms with Gasteiger partial charge in [-0.3, -0.25) is 14.6 Å². The minimum absolute atomic E-state index is 0.193. The van der Waals surface area contributed by atoms with Gasteiger partial charge in [0.25, 0.3) is 11.8 Å². The molecule has 3 rings (SSSR count). The Balaban J connectivity index is 1.87. The molecule has 0 aliphatic carbocycles. The van der Waals surface area contributed by atoms with Crippen LogP contribution in [0, 0.1) is 6.92 Å². The number of aryl methyl sites for hydroxylation is 1. The van der Waals surface area contributed by atoms with Crippen LogP contribution < -0.4 is 9.80 Å². The highest BCUT2D eigenvalue weighted by molar-refractivity contribution is 6.09. The zero-order valence-corrected chi connectivity index (χ0v) is 16.3. The van der Waals surface area contributed by atoms with Crippen LogP contribution in [0.2, 0.25) is 0 Å². The maximum atomic E-state index is 13.0. The number of hydrogen-bond acceptors (Lipinski definition) is 3. The van der Waals surface area contributed by atoms with Gasteiger partial charge in [-0.15, -0.1) is 0 Å². The third kappa shape index (κ3) is 4.09. The minimum Gasteiger partial charge on any atom is -0.311 e. The Labute approximate surface area is 165 Å². The van der Waals surface area contributed by atoms with Crippen LogP contribution in [0.5, 0.6) is 0 Å². The van der Waals surface area contributed by atoms with Crippen LogP contribution in [0.4, 0.5) is 11.4 Å². The summed E-state index contributed by atoms with van der Waals surface area (Å²) in [4.78, 5) is 33.3. The van der Waals surface area contributed by atoms with Gasteiger partial charge in [-0.2, -0.15) is 0 Å². The first-order chi connectivity index (χ1) is 13.5. The average molecular weight is 373 g/mol. The normalized spacial score (nSPS) is 10.4. The molecule has 142 valence electrons. The fraction of sp³-hybridized carbons (Fsp3) is 0.174. The van der Waals surface area contributed by atoms with E-state index in [1.807, 2.05) is 68.4 Å². The van der Waals surface area contributed by atoms with Crippen LogP contribution in [0.1, 0.15) is 33.3 Å². The maximum Gasteiger partial charge on any atom is 0.276 e. The van der Waals surface area contributed by atoms with Crippen LogP contribution in [-0.4, -0.2) is 30.4 Å². The Kier molecular flexibility index (Phi) is 5.84.